The highest BCUT2D eigenvalue weighted by molar-refractivity contribution is 5.82. The van der Waals surface area contributed by atoms with E-state index in [1.807, 2.05) is 11.0 Å². The Balaban J connectivity index is 1.41. The van der Waals surface area contributed by atoms with E-state index in [9.17, 15) is 9.18 Å². The van der Waals surface area contributed by atoms with Gasteiger partial charge in [0.1, 0.15) is 11.9 Å². The maximum absolute atomic E-state index is 13.4. The molecule has 4 nitrogen and oxygen atoms in total. The number of benzene rings is 1. The minimum atomic E-state index is -0.263. The molecule has 4 rings (SSSR count). The molecule has 2 aliphatic heterocycles. The third kappa shape index (κ3) is 3.20. The van der Waals surface area contributed by atoms with Crippen molar-refractivity contribution in [1.29, 1.82) is 0 Å². The molecule has 0 aromatic heterocycles. The SMILES string of the molecule is O=C(C1CC2CCCCC2N1)N1CCOC(c2cccc(F)c2)C1. The van der Waals surface area contributed by atoms with Gasteiger partial charge in [-0.3, -0.25) is 4.79 Å². The average molecular weight is 332 g/mol. The molecule has 1 aliphatic carbocycles. The highest BCUT2D eigenvalue weighted by Gasteiger charge is 2.40. The molecule has 0 bridgehead atoms. The normalized spacial score (nSPS) is 33.3. The highest BCUT2D eigenvalue weighted by Crippen LogP contribution is 2.34. The van der Waals surface area contributed by atoms with Crippen LogP contribution in [0.1, 0.15) is 43.8 Å². The average Bonchev–Trinajstić information content (AvgIpc) is 3.05. The van der Waals surface area contributed by atoms with Gasteiger partial charge in [0.25, 0.3) is 0 Å². The van der Waals surface area contributed by atoms with E-state index in [4.69, 9.17) is 4.74 Å². The summed E-state index contributed by atoms with van der Waals surface area (Å²) < 4.78 is 19.2. The van der Waals surface area contributed by atoms with Gasteiger partial charge in [0.15, 0.2) is 0 Å². The summed E-state index contributed by atoms with van der Waals surface area (Å²) in [5, 5.41) is 3.56. The molecule has 1 saturated carbocycles. The summed E-state index contributed by atoms with van der Waals surface area (Å²) in [5.41, 5.74) is 0.806. The summed E-state index contributed by atoms with van der Waals surface area (Å²) in [7, 11) is 0. The molecule has 4 unspecified atom stereocenters. The molecule has 0 spiro atoms. The molecule has 0 radical (unpaired) electrons. The van der Waals surface area contributed by atoms with Crippen molar-refractivity contribution in [3.8, 4) is 0 Å². The first-order valence-corrected chi connectivity index (χ1v) is 9.12. The van der Waals surface area contributed by atoms with Crippen LogP contribution in [0, 0.1) is 11.7 Å². The number of carbonyl (C=O) groups excluding carboxylic acids is 1. The zero-order valence-corrected chi connectivity index (χ0v) is 13.9. The van der Waals surface area contributed by atoms with Crippen LogP contribution >= 0.6 is 0 Å². The van der Waals surface area contributed by atoms with Gasteiger partial charge in [-0.1, -0.05) is 25.0 Å². The number of hydrogen-bond acceptors (Lipinski definition) is 3. The van der Waals surface area contributed by atoms with Crippen molar-refractivity contribution in [2.45, 2.75) is 50.3 Å². The third-order valence-corrected chi connectivity index (χ3v) is 5.76. The number of halogens is 1. The van der Waals surface area contributed by atoms with Gasteiger partial charge in [-0.25, -0.2) is 4.39 Å². The second kappa shape index (κ2) is 6.81. The van der Waals surface area contributed by atoms with Gasteiger partial charge >= 0.3 is 0 Å². The number of nitrogens with one attached hydrogen (secondary N) is 1. The fraction of sp³-hybridized carbons (Fsp3) is 0.632. The first kappa shape index (κ1) is 16.0. The van der Waals surface area contributed by atoms with E-state index < -0.39 is 0 Å². The molecule has 2 saturated heterocycles. The molecule has 5 heteroatoms. The van der Waals surface area contributed by atoms with Gasteiger partial charge in [-0.15, -0.1) is 0 Å². The van der Waals surface area contributed by atoms with Crippen LogP contribution in [0.25, 0.3) is 0 Å². The highest BCUT2D eigenvalue weighted by atomic mass is 19.1. The molecule has 1 amide bonds. The van der Waals surface area contributed by atoms with E-state index in [1.54, 1.807) is 6.07 Å². The second-order valence-electron chi connectivity index (χ2n) is 7.30. The molecule has 1 aromatic carbocycles. The minimum absolute atomic E-state index is 0.0515. The smallest absolute Gasteiger partial charge is 0.239 e. The van der Waals surface area contributed by atoms with E-state index in [1.165, 1.54) is 37.8 Å². The van der Waals surface area contributed by atoms with Crippen LogP contribution in [0.5, 0.6) is 0 Å². The first-order chi connectivity index (χ1) is 11.7. The van der Waals surface area contributed by atoms with E-state index in [-0.39, 0.29) is 23.9 Å². The number of nitrogens with zero attached hydrogens (tertiary/aromatic N) is 1. The number of morpholine rings is 1. The van der Waals surface area contributed by atoms with Crippen LogP contribution in [0.4, 0.5) is 4.39 Å². The lowest BCUT2D eigenvalue weighted by molar-refractivity contribution is -0.141. The van der Waals surface area contributed by atoms with Crippen LogP contribution in [-0.4, -0.2) is 42.6 Å². The molecule has 3 aliphatic rings. The predicted molar refractivity (Wildman–Crippen MR) is 89.0 cm³/mol. The molecule has 2 heterocycles. The van der Waals surface area contributed by atoms with Crippen molar-refractivity contribution in [2.75, 3.05) is 19.7 Å². The molecule has 1 aromatic rings. The Hall–Kier alpha value is -1.46. The van der Waals surface area contributed by atoms with E-state index >= 15 is 0 Å². The fourth-order valence-electron chi connectivity index (χ4n) is 4.49. The topological polar surface area (TPSA) is 41.6 Å². The number of ether oxygens (including phenoxy) is 1. The second-order valence-corrected chi connectivity index (χ2v) is 7.30. The molecular weight excluding hydrogens is 307 g/mol. The standard InChI is InChI=1S/C19H25FN2O2/c20-15-6-3-5-14(10-15)18-12-22(8-9-24-18)19(23)17-11-13-4-1-2-7-16(13)21-17/h3,5-6,10,13,16-18,21H,1-2,4,7-9,11-12H2. The lowest BCUT2D eigenvalue weighted by Crippen LogP contribution is -2.50. The Morgan fingerprint density at radius 1 is 1.29 bits per heavy atom. The summed E-state index contributed by atoms with van der Waals surface area (Å²) in [4.78, 5) is 14.8. The number of hydrogen-bond donors (Lipinski definition) is 1. The van der Waals surface area contributed by atoms with Gasteiger partial charge in [-0.05, 0) is 42.9 Å². The third-order valence-electron chi connectivity index (χ3n) is 5.76. The number of carbonyl (C=O) groups is 1. The zero-order valence-electron chi connectivity index (χ0n) is 13.9. The summed E-state index contributed by atoms with van der Waals surface area (Å²) in [6.45, 7) is 1.64. The predicted octanol–water partition coefficient (Wildman–Crippen LogP) is 2.65. The summed E-state index contributed by atoms with van der Waals surface area (Å²) in [6.07, 6.45) is 5.74. The van der Waals surface area contributed by atoms with Crippen LogP contribution in [0.2, 0.25) is 0 Å². The van der Waals surface area contributed by atoms with Crippen LogP contribution in [0.15, 0.2) is 24.3 Å². The molecule has 1 N–H and O–H groups in total. The Morgan fingerprint density at radius 2 is 2.17 bits per heavy atom. The lowest BCUT2D eigenvalue weighted by atomic mass is 9.85. The van der Waals surface area contributed by atoms with Gasteiger partial charge < -0.3 is 15.0 Å². The Bertz CT molecular complexity index is 595. The van der Waals surface area contributed by atoms with Crippen molar-refractivity contribution in [3.05, 3.63) is 35.6 Å². The quantitative estimate of drug-likeness (QED) is 0.905. The van der Waals surface area contributed by atoms with Crippen molar-refractivity contribution < 1.29 is 13.9 Å². The van der Waals surface area contributed by atoms with E-state index in [2.05, 4.69) is 5.32 Å². The fourth-order valence-corrected chi connectivity index (χ4v) is 4.49. The van der Waals surface area contributed by atoms with Crippen LogP contribution < -0.4 is 5.32 Å². The van der Waals surface area contributed by atoms with Crippen LogP contribution in [-0.2, 0) is 9.53 Å². The summed E-state index contributed by atoms with van der Waals surface area (Å²) in [6, 6.07) is 6.96. The number of fused-ring (bicyclic) bond motifs is 1. The van der Waals surface area contributed by atoms with E-state index in [0.717, 1.165) is 12.0 Å². The monoisotopic (exact) mass is 332 g/mol. The lowest BCUT2D eigenvalue weighted by Gasteiger charge is -2.34. The molecular formula is C19H25FN2O2. The minimum Gasteiger partial charge on any atom is -0.370 e. The van der Waals surface area contributed by atoms with Gasteiger partial charge in [0, 0.05) is 12.6 Å². The van der Waals surface area contributed by atoms with Crippen molar-refractivity contribution in [1.82, 2.24) is 10.2 Å². The van der Waals surface area contributed by atoms with E-state index in [0.29, 0.717) is 31.7 Å². The van der Waals surface area contributed by atoms with Crippen molar-refractivity contribution in [2.24, 2.45) is 5.92 Å². The molecule has 4 atom stereocenters. The van der Waals surface area contributed by atoms with Crippen molar-refractivity contribution in [3.63, 3.8) is 0 Å². The Labute approximate surface area is 142 Å². The molecule has 130 valence electrons. The Morgan fingerprint density at radius 3 is 3.00 bits per heavy atom. The molecule has 3 fully saturated rings. The van der Waals surface area contributed by atoms with Gasteiger partial charge in [0.2, 0.25) is 5.91 Å². The first-order valence-electron chi connectivity index (χ1n) is 9.12. The number of amides is 1. The largest absolute Gasteiger partial charge is 0.370 e. The summed E-state index contributed by atoms with van der Waals surface area (Å²) in [5.74, 6) is 0.586. The number of rotatable bonds is 2. The van der Waals surface area contributed by atoms with Gasteiger partial charge in [0.05, 0.1) is 19.2 Å². The van der Waals surface area contributed by atoms with Gasteiger partial charge in [-0.2, -0.15) is 0 Å². The maximum atomic E-state index is 13.4. The Kier molecular flexibility index (Phi) is 4.55. The molecule has 24 heavy (non-hydrogen) atoms. The van der Waals surface area contributed by atoms with Crippen LogP contribution in [0.3, 0.4) is 0 Å². The maximum Gasteiger partial charge on any atom is 0.239 e. The zero-order chi connectivity index (χ0) is 16.5. The summed E-state index contributed by atoms with van der Waals surface area (Å²) >= 11 is 0. The van der Waals surface area contributed by atoms with Crippen molar-refractivity contribution >= 4 is 5.91 Å².